The van der Waals surface area contributed by atoms with E-state index in [1.54, 1.807) is 9.47 Å². The predicted octanol–water partition coefficient (Wildman–Crippen LogP) is 4.40. The molecule has 2 aliphatic rings. The molecule has 1 fully saturated rings. The number of imidazole rings is 1. The minimum absolute atomic E-state index is 0.0514. The van der Waals surface area contributed by atoms with Crippen molar-refractivity contribution in [2.24, 2.45) is 5.41 Å². The smallest absolute Gasteiger partial charge is 0.387 e. The first kappa shape index (κ1) is 17.2. The number of benzene rings is 1. The fraction of sp³-hybridized carbons (Fsp3) is 0.556. The van der Waals surface area contributed by atoms with Crippen molar-refractivity contribution in [3.63, 3.8) is 0 Å². The molecule has 140 valence electrons. The third-order valence-corrected chi connectivity index (χ3v) is 5.01. The molecule has 8 heteroatoms. The van der Waals surface area contributed by atoms with Gasteiger partial charge in [-0.2, -0.15) is 8.78 Å². The van der Waals surface area contributed by atoms with Crippen LogP contribution in [-0.4, -0.2) is 22.1 Å². The molecular formula is C18H20F3N3O2. The highest BCUT2D eigenvalue weighted by Gasteiger charge is 2.58. The number of hydrogen-bond acceptors (Lipinski definition) is 3. The molecule has 2 aromatic rings. The lowest BCUT2D eigenvalue weighted by Crippen LogP contribution is -2.66. The quantitative estimate of drug-likeness (QED) is 0.808. The summed E-state index contributed by atoms with van der Waals surface area (Å²) in [5, 5.41) is 0. The molecule has 1 aromatic carbocycles. The molecule has 0 radical (unpaired) electrons. The van der Waals surface area contributed by atoms with E-state index < -0.39 is 18.1 Å². The van der Waals surface area contributed by atoms with Crippen molar-refractivity contribution >= 4 is 22.9 Å². The zero-order valence-electron chi connectivity index (χ0n) is 14.9. The van der Waals surface area contributed by atoms with Crippen molar-refractivity contribution in [3.8, 4) is 5.75 Å². The van der Waals surface area contributed by atoms with Gasteiger partial charge in [-0.05, 0) is 24.7 Å². The highest BCUT2D eigenvalue weighted by molar-refractivity contribution is 5.99. The van der Waals surface area contributed by atoms with Crippen molar-refractivity contribution in [1.29, 1.82) is 0 Å². The van der Waals surface area contributed by atoms with Gasteiger partial charge >= 0.3 is 6.61 Å². The highest BCUT2D eigenvalue weighted by Crippen LogP contribution is 2.56. The monoisotopic (exact) mass is 367 g/mol. The molecule has 1 amide bonds. The predicted molar refractivity (Wildman–Crippen MR) is 89.7 cm³/mol. The van der Waals surface area contributed by atoms with Gasteiger partial charge in [0.05, 0.1) is 5.52 Å². The summed E-state index contributed by atoms with van der Waals surface area (Å²) in [6.07, 6.45) is 2.76. The number of halogens is 3. The number of hydrogen-bond donors (Lipinski definition) is 0. The summed E-state index contributed by atoms with van der Waals surface area (Å²) >= 11 is 0. The molecular weight excluding hydrogens is 347 g/mol. The third kappa shape index (κ3) is 2.38. The number of ether oxygens (including phenoxy) is 1. The summed E-state index contributed by atoms with van der Waals surface area (Å²) in [7, 11) is 0. The Hall–Kier alpha value is -2.25. The minimum Gasteiger partial charge on any atom is -0.435 e. The average Bonchev–Trinajstić information content (AvgIpc) is 2.70. The van der Waals surface area contributed by atoms with Gasteiger partial charge in [0.25, 0.3) is 0 Å². The van der Waals surface area contributed by atoms with E-state index in [0.29, 0.717) is 17.9 Å². The molecule has 0 N–H and O–H groups in total. The SMILES string of the molecule is CC(C)(C)CC(=O)N1c2nc3c(F)cc(OC(F)F)cc3n2C12CCC2. The molecule has 1 aliphatic carbocycles. The number of carbonyl (C=O) groups excluding carboxylic acids is 1. The number of amides is 1. The van der Waals surface area contributed by atoms with Crippen LogP contribution in [0.25, 0.3) is 11.0 Å². The number of anilines is 1. The molecule has 0 atom stereocenters. The standard InChI is InChI=1S/C18H20F3N3O2/c1-17(2,3)9-13(25)24-16-22-14-11(19)7-10(26-15(20)21)8-12(14)23(16)18(24)5-4-6-18/h7-8,15H,4-6,9H2,1-3H3. The molecule has 1 aliphatic heterocycles. The number of fused-ring (bicyclic) bond motifs is 4. The Labute approximate surface area is 148 Å². The van der Waals surface area contributed by atoms with E-state index in [1.807, 2.05) is 20.8 Å². The largest absolute Gasteiger partial charge is 0.435 e. The topological polar surface area (TPSA) is 47.4 Å². The van der Waals surface area contributed by atoms with E-state index in [-0.39, 0.29) is 22.6 Å². The molecule has 0 unspecified atom stereocenters. The lowest BCUT2D eigenvalue weighted by molar-refractivity contribution is -0.125. The Bertz CT molecular complexity index is 897. The minimum atomic E-state index is -3.03. The highest BCUT2D eigenvalue weighted by atomic mass is 19.3. The van der Waals surface area contributed by atoms with Crippen molar-refractivity contribution < 1.29 is 22.7 Å². The van der Waals surface area contributed by atoms with E-state index in [9.17, 15) is 18.0 Å². The number of carbonyl (C=O) groups is 1. The van der Waals surface area contributed by atoms with Gasteiger partial charge in [0.1, 0.15) is 16.9 Å². The lowest BCUT2D eigenvalue weighted by Gasteiger charge is -2.58. The van der Waals surface area contributed by atoms with Crippen LogP contribution in [0.1, 0.15) is 46.5 Å². The van der Waals surface area contributed by atoms with E-state index in [0.717, 1.165) is 25.3 Å². The molecule has 0 bridgehead atoms. The van der Waals surface area contributed by atoms with Crippen LogP contribution in [0.15, 0.2) is 12.1 Å². The first-order valence-corrected chi connectivity index (χ1v) is 8.63. The maximum Gasteiger partial charge on any atom is 0.387 e. The lowest BCUT2D eigenvalue weighted by atomic mass is 9.79. The third-order valence-electron chi connectivity index (χ3n) is 5.01. The van der Waals surface area contributed by atoms with Crippen LogP contribution < -0.4 is 9.64 Å². The van der Waals surface area contributed by atoms with Crippen LogP contribution in [-0.2, 0) is 10.5 Å². The van der Waals surface area contributed by atoms with E-state index in [2.05, 4.69) is 9.72 Å². The summed E-state index contributed by atoms with van der Waals surface area (Å²) in [5.74, 6) is -0.661. The van der Waals surface area contributed by atoms with Crippen LogP contribution in [0, 0.1) is 11.2 Å². The maximum atomic E-state index is 14.4. The van der Waals surface area contributed by atoms with E-state index >= 15 is 0 Å². The normalized spacial score (nSPS) is 18.0. The fourth-order valence-electron chi connectivity index (χ4n) is 3.89. The van der Waals surface area contributed by atoms with Crippen LogP contribution >= 0.6 is 0 Å². The Morgan fingerprint density at radius 2 is 2.04 bits per heavy atom. The van der Waals surface area contributed by atoms with E-state index in [1.165, 1.54) is 6.07 Å². The maximum absolute atomic E-state index is 14.4. The van der Waals surface area contributed by atoms with Crippen molar-refractivity contribution in [2.75, 3.05) is 4.90 Å². The van der Waals surface area contributed by atoms with Gasteiger partial charge < -0.3 is 4.74 Å². The molecule has 0 saturated heterocycles. The van der Waals surface area contributed by atoms with Crippen LogP contribution in [0.4, 0.5) is 19.1 Å². The fourth-order valence-corrected chi connectivity index (χ4v) is 3.89. The Morgan fingerprint density at radius 3 is 2.58 bits per heavy atom. The summed E-state index contributed by atoms with van der Waals surface area (Å²) in [5.41, 5.74) is -0.283. The van der Waals surface area contributed by atoms with Gasteiger partial charge in [-0.15, -0.1) is 0 Å². The van der Waals surface area contributed by atoms with Crippen molar-refractivity contribution in [2.45, 2.75) is 58.7 Å². The first-order valence-electron chi connectivity index (χ1n) is 8.63. The van der Waals surface area contributed by atoms with Gasteiger partial charge in [0.2, 0.25) is 11.9 Å². The van der Waals surface area contributed by atoms with Gasteiger partial charge in [-0.3, -0.25) is 14.3 Å². The number of nitrogens with zero attached hydrogens (tertiary/aromatic N) is 3. The molecule has 1 spiro atoms. The van der Waals surface area contributed by atoms with Gasteiger partial charge in [-0.25, -0.2) is 9.37 Å². The van der Waals surface area contributed by atoms with Crippen LogP contribution in [0.2, 0.25) is 0 Å². The molecule has 4 rings (SSSR count). The van der Waals surface area contributed by atoms with Gasteiger partial charge in [0.15, 0.2) is 5.82 Å². The van der Waals surface area contributed by atoms with Crippen LogP contribution in [0.3, 0.4) is 0 Å². The molecule has 1 saturated carbocycles. The Balaban J connectivity index is 1.81. The van der Waals surface area contributed by atoms with Crippen molar-refractivity contribution in [1.82, 2.24) is 9.55 Å². The Kier molecular flexibility index (Phi) is 3.55. The Morgan fingerprint density at radius 1 is 1.35 bits per heavy atom. The molecule has 5 nitrogen and oxygen atoms in total. The summed E-state index contributed by atoms with van der Waals surface area (Å²) in [6.45, 7) is 2.91. The molecule has 1 aromatic heterocycles. The average molecular weight is 367 g/mol. The molecule has 26 heavy (non-hydrogen) atoms. The number of rotatable bonds is 3. The van der Waals surface area contributed by atoms with Crippen LogP contribution in [0.5, 0.6) is 5.75 Å². The number of aromatic nitrogens is 2. The zero-order chi connectivity index (χ0) is 18.9. The summed E-state index contributed by atoms with van der Waals surface area (Å²) < 4.78 is 45.6. The summed E-state index contributed by atoms with van der Waals surface area (Å²) in [4.78, 5) is 18.8. The van der Waals surface area contributed by atoms with Crippen molar-refractivity contribution in [3.05, 3.63) is 17.9 Å². The summed E-state index contributed by atoms with van der Waals surface area (Å²) in [6, 6.07) is 2.27. The second kappa shape index (κ2) is 5.37. The zero-order valence-corrected chi connectivity index (χ0v) is 14.9. The van der Waals surface area contributed by atoms with Gasteiger partial charge in [0, 0.05) is 18.6 Å². The first-order chi connectivity index (χ1) is 12.1. The second-order valence-corrected chi connectivity index (χ2v) is 8.20. The van der Waals surface area contributed by atoms with Gasteiger partial charge in [-0.1, -0.05) is 20.8 Å². The second-order valence-electron chi connectivity index (χ2n) is 8.20. The van der Waals surface area contributed by atoms with E-state index in [4.69, 9.17) is 0 Å². The number of alkyl halides is 2. The molecule has 2 heterocycles.